The summed E-state index contributed by atoms with van der Waals surface area (Å²) in [5.74, 6) is 0.418. The first-order chi connectivity index (χ1) is 8.33. The number of anilines is 1. The molecule has 0 bridgehead atoms. The third kappa shape index (κ3) is 3.22. The van der Waals surface area contributed by atoms with Crippen molar-refractivity contribution in [2.45, 2.75) is 32.6 Å². The minimum Gasteiger partial charge on any atom is -0.382 e. The first-order valence-corrected chi connectivity index (χ1v) is 6.00. The summed E-state index contributed by atoms with van der Waals surface area (Å²) in [4.78, 5) is 12.3. The van der Waals surface area contributed by atoms with Gasteiger partial charge in [-0.05, 0) is 6.42 Å². The zero-order chi connectivity index (χ0) is 12.1. The molecular weight excluding hydrogens is 252 g/mol. The van der Waals surface area contributed by atoms with Crippen molar-refractivity contribution in [3.05, 3.63) is 12.7 Å². The highest BCUT2D eigenvalue weighted by atomic mass is 35.5. The van der Waals surface area contributed by atoms with E-state index < -0.39 is 0 Å². The molecule has 0 aliphatic heterocycles. The Balaban J connectivity index is 0.00000162. The van der Waals surface area contributed by atoms with Crippen LogP contribution in [0.15, 0.2) is 12.7 Å². The quantitative estimate of drug-likeness (QED) is 0.784. The highest BCUT2D eigenvalue weighted by molar-refractivity contribution is 5.85. The van der Waals surface area contributed by atoms with Crippen LogP contribution in [0.1, 0.15) is 32.6 Å². The van der Waals surface area contributed by atoms with E-state index in [9.17, 15) is 0 Å². The lowest BCUT2D eigenvalue weighted by Gasteiger charge is -2.07. The van der Waals surface area contributed by atoms with Crippen molar-refractivity contribution in [3.8, 4) is 0 Å². The van der Waals surface area contributed by atoms with Gasteiger partial charge in [0, 0.05) is 6.54 Å². The second kappa shape index (κ2) is 7.00. The smallest absolute Gasteiger partial charge is 0.184 e. The molecule has 0 atom stereocenters. The van der Waals surface area contributed by atoms with Crippen LogP contribution in [-0.4, -0.2) is 26.2 Å². The minimum absolute atomic E-state index is 0. The van der Waals surface area contributed by atoms with Gasteiger partial charge in [-0.25, -0.2) is 19.6 Å². The van der Waals surface area contributed by atoms with Gasteiger partial charge in [-0.2, -0.15) is 0 Å². The number of aromatic nitrogens is 4. The summed E-state index contributed by atoms with van der Waals surface area (Å²) in [5.41, 5.74) is 10.3. The number of hydrogen-bond donors (Lipinski definition) is 2. The van der Waals surface area contributed by atoms with Crippen LogP contribution in [0.3, 0.4) is 0 Å². The zero-order valence-electron chi connectivity index (χ0n) is 10.5. The maximum atomic E-state index is 5.71. The lowest BCUT2D eigenvalue weighted by atomic mass is 10.2. The summed E-state index contributed by atoms with van der Waals surface area (Å²) in [6, 6.07) is 0. The molecule has 7 heteroatoms. The molecule has 3 N–H and O–H groups in total. The lowest BCUT2D eigenvalue weighted by molar-refractivity contribution is 0.663. The van der Waals surface area contributed by atoms with Gasteiger partial charge in [-0.1, -0.05) is 26.2 Å². The van der Waals surface area contributed by atoms with E-state index in [1.165, 1.54) is 25.6 Å². The fourth-order valence-electron chi connectivity index (χ4n) is 1.72. The van der Waals surface area contributed by atoms with Gasteiger partial charge in [0.1, 0.15) is 12.7 Å². The van der Waals surface area contributed by atoms with Gasteiger partial charge in [-0.15, -0.1) is 12.4 Å². The zero-order valence-corrected chi connectivity index (χ0v) is 11.3. The van der Waals surface area contributed by atoms with Crippen LogP contribution >= 0.6 is 12.4 Å². The summed E-state index contributed by atoms with van der Waals surface area (Å²) in [5, 5.41) is 0. The molecule has 2 aromatic rings. The molecule has 0 saturated carbocycles. The molecule has 100 valence electrons. The molecule has 2 aromatic heterocycles. The lowest BCUT2D eigenvalue weighted by Crippen LogP contribution is -2.15. The highest BCUT2D eigenvalue weighted by Gasteiger charge is 2.06. The van der Waals surface area contributed by atoms with E-state index in [1.54, 1.807) is 11.0 Å². The van der Waals surface area contributed by atoms with E-state index in [-0.39, 0.29) is 12.4 Å². The number of halogens is 1. The number of fused-ring (bicyclic) bond motifs is 1. The first kappa shape index (κ1) is 14.5. The Kier molecular flexibility index (Phi) is 5.64. The van der Waals surface area contributed by atoms with Crippen molar-refractivity contribution in [2.75, 3.05) is 17.7 Å². The summed E-state index contributed by atoms with van der Waals surface area (Å²) in [6.45, 7) is 3.12. The summed E-state index contributed by atoms with van der Waals surface area (Å²) in [7, 11) is 0. The molecule has 0 spiro atoms. The van der Waals surface area contributed by atoms with Gasteiger partial charge in [0.25, 0.3) is 0 Å². The number of nitrogens with one attached hydrogen (secondary N) is 1. The average molecular weight is 271 g/mol. The number of nitrogens with zero attached hydrogens (tertiary/aromatic N) is 4. The van der Waals surface area contributed by atoms with Gasteiger partial charge >= 0.3 is 0 Å². The standard InChI is InChI=1S/C11H18N6.ClH/c1-2-3-4-5-6-16-17-8-15-9-10(12)13-7-14-11(9)17;/h7-8,16H,2-6H2,1H3,(H2,12,13,14);1H. The van der Waals surface area contributed by atoms with Crippen LogP contribution in [0, 0.1) is 0 Å². The Labute approximate surface area is 112 Å². The average Bonchev–Trinajstić information content (AvgIpc) is 2.74. The fourth-order valence-corrected chi connectivity index (χ4v) is 1.72. The number of hydrogen-bond acceptors (Lipinski definition) is 5. The normalized spacial score (nSPS) is 10.3. The second-order valence-corrected chi connectivity index (χ2v) is 4.01. The molecular formula is C11H19ClN6. The number of unbranched alkanes of at least 4 members (excludes halogenated alkanes) is 3. The summed E-state index contributed by atoms with van der Waals surface area (Å²) in [6.07, 6.45) is 8.06. The molecule has 2 rings (SSSR count). The molecule has 0 aromatic carbocycles. The Morgan fingerprint density at radius 1 is 1.22 bits per heavy atom. The fraction of sp³-hybridized carbons (Fsp3) is 0.545. The molecule has 0 amide bonds. The van der Waals surface area contributed by atoms with Crippen LogP contribution in [0.5, 0.6) is 0 Å². The van der Waals surface area contributed by atoms with Gasteiger partial charge in [0.15, 0.2) is 17.0 Å². The van der Waals surface area contributed by atoms with Crippen molar-refractivity contribution in [1.82, 2.24) is 19.6 Å². The van der Waals surface area contributed by atoms with E-state index in [0.29, 0.717) is 11.3 Å². The maximum Gasteiger partial charge on any atom is 0.184 e. The molecule has 6 nitrogen and oxygen atoms in total. The number of rotatable bonds is 6. The van der Waals surface area contributed by atoms with Crippen LogP contribution < -0.4 is 11.2 Å². The predicted molar refractivity (Wildman–Crippen MR) is 75.4 cm³/mol. The molecule has 0 radical (unpaired) electrons. The molecule has 0 saturated heterocycles. The highest BCUT2D eigenvalue weighted by Crippen LogP contribution is 2.12. The van der Waals surface area contributed by atoms with Gasteiger partial charge < -0.3 is 11.2 Å². The Hall–Kier alpha value is -1.56. The van der Waals surface area contributed by atoms with E-state index >= 15 is 0 Å². The molecule has 0 fully saturated rings. The third-order valence-electron chi connectivity index (χ3n) is 2.67. The van der Waals surface area contributed by atoms with E-state index in [0.717, 1.165) is 18.6 Å². The van der Waals surface area contributed by atoms with Crippen molar-refractivity contribution >= 4 is 29.4 Å². The SMILES string of the molecule is CCCCCCNn1cnc2c(N)ncnc21.Cl. The van der Waals surface area contributed by atoms with E-state index in [2.05, 4.69) is 27.3 Å². The van der Waals surface area contributed by atoms with Crippen LogP contribution in [-0.2, 0) is 0 Å². The van der Waals surface area contributed by atoms with Crippen molar-refractivity contribution in [2.24, 2.45) is 0 Å². The third-order valence-corrected chi connectivity index (χ3v) is 2.67. The van der Waals surface area contributed by atoms with Crippen molar-refractivity contribution in [1.29, 1.82) is 0 Å². The first-order valence-electron chi connectivity index (χ1n) is 6.00. The topological polar surface area (TPSA) is 81.7 Å². The molecule has 0 unspecified atom stereocenters. The molecule has 0 aliphatic carbocycles. The Morgan fingerprint density at radius 2 is 2.06 bits per heavy atom. The number of imidazole rings is 1. The predicted octanol–water partition coefficient (Wildman–Crippen LogP) is 1.95. The second-order valence-electron chi connectivity index (χ2n) is 4.01. The number of nitrogens with two attached hydrogens (primary N) is 1. The van der Waals surface area contributed by atoms with Crippen LogP contribution in [0.4, 0.5) is 5.82 Å². The van der Waals surface area contributed by atoms with Gasteiger partial charge in [0.05, 0.1) is 0 Å². The van der Waals surface area contributed by atoms with E-state index in [4.69, 9.17) is 5.73 Å². The maximum absolute atomic E-state index is 5.71. The number of nitrogen functional groups attached to an aromatic ring is 1. The molecule has 2 heterocycles. The van der Waals surface area contributed by atoms with Crippen molar-refractivity contribution < 1.29 is 0 Å². The van der Waals surface area contributed by atoms with E-state index in [1.807, 2.05) is 0 Å². The summed E-state index contributed by atoms with van der Waals surface area (Å²) < 4.78 is 1.80. The Morgan fingerprint density at radius 3 is 2.83 bits per heavy atom. The molecule has 0 aliphatic rings. The minimum atomic E-state index is 0. The van der Waals surface area contributed by atoms with Gasteiger partial charge in [0.2, 0.25) is 0 Å². The van der Waals surface area contributed by atoms with Crippen molar-refractivity contribution in [3.63, 3.8) is 0 Å². The van der Waals surface area contributed by atoms with Gasteiger partial charge in [-0.3, -0.25) is 0 Å². The Bertz CT molecular complexity index is 483. The van der Waals surface area contributed by atoms with Crippen LogP contribution in [0.2, 0.25) is 0 Å². The largest absolute Gasteiger partial charge is 0.382 e. The van der Waals surface area contributed by atoms with Crippen LogP contribution in [0.25, 0.3) is 11.2 Å². The molecule has 18 heavy (non-hydrogen) atoms. The summed E-state index contributed by atoms with van der Waals surface area (Å²) >= 11 is 0. The monoisotopic (exact) mass is 270 g/mol.